The lowest BCUT2D eigenvalue weighted by molar-refractivity contribution is 0.500. The molecule has 0 N–H and O–H groups in total. The van der Waals surface area contributed by atoms with Gasteiger partial charge in [-0.1, -0.05) is 57.3 Å². The highest BCUT2D eigenvalue weighted by atomic mass is 79.9. The quantitative estimate of drug-likeness (QED) is 0.604. The first-order chi connectivity index (χ1) is 8.50. The van der Waals surface area contributed by atoms with Crippen molar-refractivity contribution < 1.29 is 8.78 Å². The zero-order valence-electron chi connectivity index (χ0n) is 8.93. The van der Waals surface area contributed by atoms with E-state index in [0.29, 0.717) is 15.6 Å². The fourth-order valence-corrected chi connectivity index (χ4v) is 2.99. The molecule has 0 fully saturated rings. The Morgan fingerprint density at radius 3 is 2.39 bits per heavy atom. The Bertz CT molecular complexity index is 587. The van der Waals surface area contributed by atoms with Gasteiger partial charge in [0, 0.05) is 15.6 Å². The predicted molar refractivity (Wildman–Crippen MR) is 73.6 cm³/mol. The molecule has 0 radical (unpaired) electrons. The minimum atomic E-state index is -0.887. The van der Waals surface area contributed by atoms with E-state index in [2.05, 4.69) is 15.9 Å². The summed E-state index contributed by atoms with van der Waals surface area (Å²) >= 11 is 15.1. The fraction of sp³-hybridized carbons (Fsp3) is 0.0769. The van der Waals surface area contributed by atoms with Crippen LogP contribution in [0.4, 0.5) is 8.78 Å². The van der Waals surface area contributed by atoms with Crippen molar-refractivity contribution in [3.8, 4) is 0 Å². The molecule has 2 aromatic rings. The van der Waals surface area contributed by atoms with Crippen LogP contribution in [0.1, 0.15) is 16.0 Å². The minimum Gasteiger partial charge on any atom is -0.204 e. The number of rotatable bonds is 2. The van der Waals surface area contributed by atoms with Crippen molar-refractivity contribution in [2.45, 2.75) is 4.83 Å². The smallest absolute Gasteiger partial charge is 0.163 e. The molecule has 0 nitrogen and oxygen atoms in total. The molecule has 0 aliphatic rings. The second-order valence-electron chi connectivity index (χ2n) is 3.67. The zero-order valence-corrected chi connectivity index (χ0v) is 12.0. The number of halogens is 5. The van der Waals surface area contributed by atoms with Gasteiger partial charge < -0.3 is 0 Å². The van der Waals surface area contributed by atoms with E-state index in [1.807, 2.05) is 0 Å². The molecule has 0 heterocycles. The van der Waals surface area contributed by atoms with Crippen molar-refractivity contribution in [3.63, 3.8) is 0 Å². The van der Waals surface area contributed by atoms with Crippen molar-refractivity contribution in [1.29, 1.82) is 0 Å². The Hall–Kier alpha value is -0.640. The van der Waals surface area contributed by atoms with Crippen molar-refractivity contribution in [3.05, 3.63) is 69.2 Å². The monoisotopic (exact) mass is 350 g/mol. The number of hydrogen-bond acceptors (Lipinski definition) is 0. The lowest BCUT2D eigenvalue weighted by atomic mass is 10.0. The van der Waals surface area contributed by atoms with Crippen LogP contribution in [-0.4, -0.2) is 0 Å². The molecule has 0 aliphatic carbocycles. The molecule has 2 rings (SSSR count). The molecule has 94 valence electrons. The Kier molecular flexibility index (Phi) is 4.25. The summed E-state index contributed by atoms with van der Waals surface area (Å²) in [6.07, 6.45) is 0. The summed E-state index contributed by atoms with van der Waals surface area (Å²) in [5, 5.41) is 0.885. The van der Waals surface area contributed by atoms with E-state index in [1.54, 1.807) is 18.2 Å². The van der Waals surface area contributed by atoms with Crippen LogP contribution in [0, 0.1) is 11.6 Å². The van der Waals surface area contributed by atoms with Gasteiger partial charge in [-0.05, 0) is 23.8 Å². The largest absolute Gasteiger partial charge is 0.204 e. The van der Waals surface area contributed by atoms with Crippen molar-refractivity contribution in [2.24, 2.45) is 0 Å². The molecule has 0 saturated heterocycles. The van der Waals surface area contributed by atoms with Crippen LogP contribution < -0.4 is 0 Å². The summed E-state index contributed by atoms with van der Waals surface area (Å²) < 4.78 is 26.8. The zero-order chi connectivity index (χ0) is 13.3. The molecule has 0 aliphatic heterocycles. The van der Waals surface area contributed by atoms with Gasteiger partial charge in [0.2, 0.25) is 0 Å². The SMILES string of the molecule is Fc1cccc(C(Br)c2ccc(Cl)cc2Cl)c1F. The van der Waals surface area contributed by atoms with Crippen LogP contribution in [-0.2, 0) is 0 Å². The van der Waals surface area contributed by atoms with E-state index in [1.165, 1.54) is 12.1 Å². The third kappa shape index (κ3) is 2.68. The van der Waals surface area contributed by atoms with Gasteiger partial charge in [0.25, 0.3) is 0 Å². The average molecular weight is 352 g/mol. The van der Waals surface area contributed by atoms with Gasteiger partial charge in [0.15, 0.2) is 11.6 Å². The maximum atomic E-state index is 13.7. The van der Waals surface area contributed by atoms with E-state index in [-0.39, 0.29) is 5.56 Å². The minimum absolute atomic E-state index is 0.194. The van der Waals surface area contributed by atoms with Gasteiger partial charge in [0.05, 0.1) is 4.83 Å². The van der Waals surface area contributed by atoms with Gasteiger partial charge in [0.1, 0.15) is 0 Å². The molecule has 5 heteroatoms. The van der Waals surface area contributed by atoms with Gasteiger partial charge in [-0.15, -0.1) is 0 Å². The van der Waals surface area contributed by atoms with Crippen molar-refractivity contribution in [2.75, 3.05) is 0 Å². The highest BCUT2D eigenvalue weighted by Crippen LogP contribution is 2.37. The highest BCUT2D eigenvalue weighted by Gasteiger charge is 2.19. The maximum Gasteiger partial charge on any atom is 0.163 e. The summed E-state index contributed by atoms with van der Waals surface area (Å²) in [4.78, 5) is -0.530. The Morgan fingerprint density at radius 2 is 1.72 bits per heavy atom. The molecule has 0 spiro atoms. The first-order valence-electron chi connectivity index (χ1n) is 5.03. The summed E-state index contributed by atoms with van der Waals surface area (Å²) in [7, 11) is 0. The summed E-state index contributed by atoms with van der Waals surface area (Å²) in [6, 6.07) is 8.91. The van der Waals surface area contributed by atoms with Gasteiger partial charge in [-0.3, -0.25) is 0 Å². The van der Waals surface area contributed by atoms with Crippen LogP contribution in [0.15, 0.2) is 36.4 Å². The average Bonchev–Trinajstić information content (AvgIpc) is 2.32. The third-order valence-electron chi connectivity index (χ3n) is 2.49. The molecule has 0 bridgehead atoms. The molecule has 0 saturated carbocycles. The van der Waals surface area contributed by atoms with Crippen molar-refractivity contribution in [1.82, 2.24) is 0 Å². The summed E-state index contributed by atoms with van der Waals surface area (Å²) in [5.41, 5.74) is 0.824. The number of benzene rings is 2. The van der Waals surface area contributed by atoms with Crippen molar-refractivity contribution >= 4 is 39.1 Å². The first kappa shape index (κ1) is 13.8. The van der Waals surface area contributed by atoms with Crippen LogP contribution in [0.25, 0.3) is 0 Å². The lowest BCUT2D eigenvalue weighted by Gasteiger charge is -2.13. The molecule has 1 unspecified atom stereocenters. The normalized spacial score (nSPS) is 12.5. The molecule has 18 heavy (non-hydrogen) atoms. The van der Waals surface area contributed by atoms with E-state index in [4.69, 9.17) is 23.2 Å². The summed E-state index contributed by atoms with van der Waals surface area (Å²) in [5.74, 6) is -1.77. The first-order valence-corrected chi connectivity index (χ1v) is 6.71. The molecule has 0 amide bonds. The van der Waals surface area contributed by atoms with Crippen LogP contribution in [0.2, 0.25) is 10.0 Å². The fourth-order valence-electron chi connectivity index (χ4n) is 1.59. The second kappa shape index (κ2) is 5.55. The van der Waals surface area contributed by atoms with Gasteiger partial charge in [-0.2, -0.15) is 0 Å². The highest BCUT2D eigenvalue weighted by molar-refractivity contribution is 9.09. The van der Waals surface area contributed by atoms with E-state index in [0.717, 1.165) is 6.07 Å². The van der Waals surface area contributed by atoms with Crippen LogP contribution in [0.5, 0.6) is 0 Å². The molecular formula is C13H7BrCl2F2. The van der Waals surface area contributed by atoms with E-state index < -0.39 is 16.5 Å². The van der Waals surface area contributed by atoms with Gasteiger partial charge in [-0.25, -0.2) is 8.78 Å². The molecule has 0 aromatic heterocycles. The molecular weight excluding hydrogens is 345 g/mol. The van der Waals surface area contributed by atoms with Crippen LogP contribution in [0.3, 0.4) is 0 Å². The second-order valence-corrected chi connectivity index (χ2v) is 5.43. The molecule has 1 atom stereocenters. The number of alkyl halides is 1. The Balaban J connectivity index is 2.48. The lowest BCUT2D eigenvalue weighted by Crippen LogP contribution is -1.99. The van der Waals surface area contributed by atoms with Gasteiger partial charge >= 0.3 is 0 Å². The topological polar surface area (TPSA) is 0 Å². The van der Waals surface area contributed by atoms with Crippen LogP contribution >= 0.6 is 39.1 Å². The Morgan fingerprint density at radius 1 is 1.00 bits per heavy atom. The number of hydrogen-bond donors (Lipinski definition) is 0. The summed E-state index contributed by atoms with van der Waals surface area (Å²) in [6.45, 7) is 0. The van der Waals surface area contributed by atoms with E-state index >= 15 is 0 Å². The Labute approximate surface area is 122 Å². The standard InChI is InChI=1S/C13H7BrCl2F2/c14-12(8-5-4-7(15)6-10(8)16)9-2-1-3-11(17)13(9)18/h1-6,12H. The van der Waals surface area contributed by atoms with E-state index in [9.17, 15) is 8.78 Å². The predicted octanol–water partition coefficient (Wildman–Crippen LogP) is 5.76. The third-order valence-corrected chi connectivity index (χ3v) is 4.04. The maximum absolute atomic E-state index is 13.7. The molecule has 2 aromatic carbocycles.